The van der Waals surface area contributed by atoms with E-state index in [2.05, 4.69) is 4.98 Å². The number of sulfonamides is 1. The highest BCUT2D eigenvalue weighted by molar-refractivity contribution is 7.90. The number of hydrogen-bond acceptors (Lipinski definition) is 4. The van der Waals surface area contributed by atoms with Gasteiger partial charge in [-0.3, -0.25) is 0 Å². The molecule has 0 atom stereocenters. The third kappa shape index (κ3) is 2.96. The molecule has 6 nitrogen and oxygen atoms in total. The Bertz CT molecular complexity index is 1110. The standard InChI is InChI=1S/C20H17N3O3S/c1-15-7-5-10-17(13-15)23-19-18(11-6-12-21-19)27(25,26)22(20(23)24)14-16-8-3-2-4-9-16/h2-13H,14H2,1H3. The molecule has 0 bridgehead atoms. The van der Waals surface area contributed by atoms with Crippen LogP contribution in [0.4, 0.5) is 16.3 Å². The lowest BCUT2D eigenvalue weighted by Crippen LogP contribution is -2.48. The van der Waals surface area contributed by atoms with E-state index in [0.29, 0.717) is 5.69 Å². The maximum atomic E-state index is 13.3. The number of pyridine rings is 1. The van der Waals surface area contributed by atoms with Gasteiger partial charge >= 0.3 is 6.03 Å². The molecule has 4 rings (SSSR count). The summed E-state index contributed by atoms with van der Waals surface area (Å²) >= 11 is 0. The third-order valence-electron chi connectivity index (χ3n) is 4.36. The zero-order chi connectivity index (χ0) is 19.0. The minimum Gasteiger partial charge on any atom is -0.246 e. The summed E-state index contributed by atoms with van der Waals surface area (Å²) < 4.78 is 27.1. The Morgan fingerprint density at radius 1 is 0.963 bits per heavy atom. The van der Waals surface area contributed by atoms with E-state index in [1.807, 2.05) is 43.3 Å². The molecule has 0 unspecified atom stereocenters. The first-order chi connectivity index (χ1) is 13.0. The molecule has 1 aromatic heterocycles. The SMILES string of the molecule is Cc1cccc(N2C(=O)N(Cc3ccccc3)S(=O)(=O)c3cccnc32)c1. The van der Waals surface area contributed by atoms with Crippen molar-refractivity contribution in [1.82, 2.24) is 9.29 Å². The Morgan fingerprint density at radius 2 is 1.74 bits per heavy atom. The molecule has 0 spiro atoms. The molecule has 1 aliphatic rings. The van der Waals surface area contributed by atoms with E-state index in [1.54, 1.807) is 24.3 Å². The second kappa shape index (κ2) is 6.51. The quantitative estimate of drug-likeness (QED) is 0.693. The van der Waals surface area contributed by atoms with Crippen molar-refractivity contribution in [2.45, 2.75) is 18.4 Å². The highest BCUT2D eigenvalue weighted by Crippen LogP contribution is 2.38. The molecule has 1 aliphatic heterocycles. The fraction of sp³-hybridized carbons (Fsp3) is 0.100. The van der Waals surface area contributed by atoms with Gasteiger partial charge in [0.05, 0.1) is 12.2 Å². The van der Waals surface area contributed by atoms with Gasteiger partial charge in [-0.15, -0.1) is 0 Å². The van der Waals surface area contributed by atoms with E-state index in [1.165, 1.54) is 17.2 Å². The van der Waals surface area contributed by atoms with E-state index in [9.17, 15) is 13.2 Å². The third-order valence-corrected chi connectivity index (χ3v) is 6.10. The van der Waals surface area contributed by atoms with Crippen LogP contribution in [0.25, 0.3) is 0 Å². The summed E-state index contributed by atoms with van der Waals surface area (Å²) in [7, 11) is -4.00. The van der Waals surface area contributed by atoms with Gasteiger partial charge in [-0.25, -0.2) is 27.4 Å². The molecule has 7 heteroatoms. The number of benzene rings is 2. The van der Waals surface area contributed by atoms with Crippen molar-refractivity contribution in [3.63, 3.8) is 0 Å². The topological polar surface area (TPSA) is 70.6 Å². The molecule has 0 radical (unpaired) electrons. The number of amides is 2. The fourth-order valence-corrected chi connectivity index (χ4v) is 4.55. The van der Waals surface area contributed by atoms with Crippen LogP contribution in [0, 0.1) is 6.92 Å². The molecule has 136 valence electrons. The predicted octanol–water partition coefficient (Wildman–Crippen LogP) is 3.85. The van der Waals surface area contributed by atoms with E-state index in [4.69, 9.17) is 0 Å². The maximum Gasteiger partial charge on any atom is 0.344 e. The summed E-state index contributed by atoms with van der Waals surface area (Å²) in [5.41, 5.74) is 2.26. The van der Waals surface area contributed by atoms with Crippen molar-refractivity contribution in [3.8, 4) is 0 Å². The molecule has 2 aromatic carbocycles. The van der Waals surface area contributed by atoms with Crippen LogP contribution in [0.15, 0.2) is 77.8 Å². The minimum atomic E-state index is -4.00. The zero-order valence-corrected chi connectivity index (χ0v) is 15.4. The van der Waals surface area contributed by atoms with E-state index in [-0.39, 0.29) is 17.3 Å². The highest BCUT2D eigenvalue weighted by Gasteiger charge is 2.43. The molecule has 0 N–H and O–H groups in total. The number of nitrogens with zero attached hydrogens (tertiary/aromatic N) is 3. The lowest BCUT2D eigenvalue weighted by Gasteiger charge is -2.35. The first kappa shape index (κ1) is 17.2. The summed E-state index contributed by atoms with van der Waals surface area (Å²) in [6.45, 7) is 1.87. The molecule has 2 amide bonds. The van der Waals surface area contributed by atoms with Crippen LogP contribution >= 0.6 is 0 Å². The molecule has 2 heterocycles. The predicted molar refractivity (Wildman–Crippen MR) is 102 cm³/mol. The first-order valence-corrected chi connectivity index (χ1v) is 9.85. The van der Waals surface area contributed by atoms with Gasteiger partial charge in [0.1, 0.15) is 4.90 Å². The van der Waals surface area contributed by atoms with E-state index < -0.39 is 16.1 Å². The van der Waals surface area contributed by atoms with Crippen LogP contribution in [-0.4, -0.2) is 23.7 Å². The fourth-order valence-electron chi connectivity index (χ4n) is 3.08. The summed E-state index contributed by atoms with van der Waals surface area (Å²) in [5.74, 6) is 0.123. The highest BCUT2D eigenvalue weighted by atomic mass is 32.2. The Balaban J connectivity index is 1.89. The smallest absolute Gasteiger partial charge is 0.246 e. The number of anilines is 2. The average molecular weight is 379 g/mol. The molecule has 27 heavy (non-hydrogen) atoms. The summed E-state index contributed by atoms with van der Waals surface area (Å²) in [6.07, 6.45) is 1.48. The van der Waals surface area contributed by atoms with Gasteiger partial charge in [0.25, 0.3) is 10.0 Å². The maximum absolute atomic E-state index is 13.3. The number of aromatic nitrogens is 1. The van der Waals surface area contributed by atoms with E-state index >= 15 is 0 Å². The van der Waals surface area contributed by atoms with Crippen LogP contribution in [0.3, 0.4) is 0 Å². The summed E-state index contributed by atoms with van der Waals surface area (Å²) in [4.78, 5) is 18.8. The minimum absolute atomic E-state index is 0.0158. The molecule has 3 aromatic rings. The van der Waals surface area contributed by atoms with Crippen LogP contribution in [0.2, 0.25) is 0 Å². The van der Waals surface area contributed by atoms with Crippen molar-refractivity contribution < 1.29 is 13.2 Å². The second-order valence-electron chi connectivity index (χ2n) is 6.28. The number of fused-ring (bicyclic) bond motifs is 1. The molecule has 0 fully saturated rings. The van der Waals surface area contributed by atoms with Crippen LogP contribution in [-0.2, 0) is 16.6 Å². The number of carbonyl (C=O) groups excluding carboxylic acids is 1. The summed E-state index contributed by atoms with van der Waals surface area (Å²) in [5, 5.41) is 0. The largest absolute Gasteiger partial charge is 0.344 e. The Labute approximate surface area is 157 Å². The van der Waals surface area contributed by atoms with Gasteiger partial charge in [0, 0.05) is 6.20 Å². The van der Waals surface area contributed by atoms with Gasteiger partial charge in [-0.05, 0) is 42.3 Å². The van der Waals surface area contributed by atoms with Crippen molar-refractivity contribution in [2.75, 3.05) is 4.90 Å². The van der Waals surface area contributed by atoms with Crippen LogP contribution in [0.1, 0.15) is 11.1 Å². The van der Waals surface area contributed by atoms with Crippen LogP contribution in [0.5, 0.6) is 0 Å². The number of carbonyl (C=O) groups is 1. The Kier molecular flexibility index (Phi) is 4.16. The molecular formula is C20H17N3O3S. The second-order valence-corrected chi connectivity index (χ2v) is 8.11. The molecule has 0 saturated carbocycles. The zero-order valence-electron chi connectivity index (χ0n) is 14.6. The van der Waals surface area contributed by atoms with Crippen molar-refractivity contribution in [2.24, 2.45) is 0 Å². The van der Waals surface area contributed by atoms with Gasteiger partial charge in [-0.1, -0.05) is 42.5 Å². The van der Waals surface area contributed by atoms with Gasteiger partial charge in [0.15, 0.2) is 5.82 Å². The number of hydrogen-bond donors (Lipinski definition) is 0. The van der Waals surface area contributed by atoms with Crippen LogP contribution < -0.4 is 4.90 Å². The Hall–Kier alpha value is -3.19. The lowest BCUT2D eigenvalue weighted by molar-refractivity contribution is 0.229. The number of aryl methyl sites for hydroxylation is 1. The van der Waals surface area contributed by atoms with Crippen molar-refractivity contribution >= 4 is 27.6 Å². The Morgan fingerprint density at radius 3 is 2.48 bits per heavy atom. The first-order valence-electron chi connectivity index (χ1n) is 8.41. The molecule has 0 saturated heterocycles. The summed E-state index contributed by atoms with van der Waals surface area (Å²) in [6, 6.07) is 18.8. The molecular weight excluding hydrogens is 362 g/mol. The average Bonchev–Trinajstić information content (AvgIpc) is 2.66. The van der Waals surface area contributed by atoms with Gasteiger partial charge in [-0.2, -0.15) is 0 Å². The van der Waals surface area contributed by atoms with Crippen molar-refractivity contribution in [1.29, 1.82) is 0 Å². The molecule has 0 aliphatic carbocycles. The normalized spacial score (nSPS) is 15.5. The van der Waals surface area contributed by atoms with E-state index in [0.717, 1.165) is 15.4 Å². The number of urea groups is 1. The van der Waals surface area contributed by atoms with Crippen molar-refractivity contribution in [3.05, 3.63) is 84.1 Å². The monoisotopic (exact) mass is 379 g/mol. The number of rotatable bonds is 3. The lowest BCUT2D eigenvalue weighted by atomic mass is 10.2. The van der Waals surface area contributed by atoms with Gasteiger partial charge < -0.3 is 0 Å². The van der Waals surface area contributed by atoms with Gasteiger partial charge in [0.2, 0.25) is 0 Å².